The average molecular weight is 207 g/mol. The van der Waals surface area contributed by atoms with Gasteiger partial charge in [-0.3, -0.25) is 0 Å². The van der Waals surface area contributed by atoms with Gasteiger partial charge in [-0.05, 0) is 34.4 Å². The Kier molecular flexibility index (Phi) is 2.93. The third-order valence-corrected chi connectivity index (χ3v) is 4.76. The second-order valence-corrected chi connectivity index (χ2v) is 5.95. The first-order valence-electron chi connectivity index (χ1n) is 3.93. The van der Waals surface area contributed by atoms with E-state index in [0.29, 0.717) is 0 Å². The first-order chi connectivity index (χ1) is 6.45. The SMILES string of the molecule is C1#[SH](Sc2ccccn2)C=CC=C1. The largest absolute Gasteiger partial charge is 0.249 e. The zero-order valence-electron chi connectivity index (χ0n) is 6.92. The van der Waals surface area contributed by atoms with Crippen molar-refractivity contribution in [1.29, 1.82) is 0 Å². The maximum atomic E-state index is 4.25. The smallest absolute Gasteiger partial charge is 0.106 e. The van der Waals surface area contributed by atoms with Crippen LogP contribution in [0.2, 0.25) is 0 Å². The summed E-state index contributed by atoms with van der Waals surface area (Å²) in [7, 11) is 1.46. The highest BCUT2D eigenvalue weighted by Gasteiger charge is 1.93. The lowest BCUT2D eigenvalue weighted by Crippen LogP contribution is -1.73. The molecule has 1 nitrogen and oxygen atoms in total. The van der Waals surface area contributed by atoms with Crippen molar-refractivity contribution in [2.75, 3.05) is 0 Å². The summed E-state index contributed by atoms with van der Waals surface area (Å²) in [4.78, 5) is 4.25. The Morgan fingerprint density at radius 2 is 2.31 bits per heavy atom. The summed E-state index contributed by atoms with van der Waals surface area (Å²) in [6, 6.07) is 5.97. The Bertz CT molecular complexity index is 420. The fourth-order valence-corrected chi connectivity index (χ4v) is 3.70. The van der Waals surface area contributed by atoms with Crippen LogP contribution in [0.25, 0.3) is 0 Å². The van der Waals surface area contributed by atoms with Crippen molar-refractivity contribution < 1.29 is 0 Å². The van der Waals surface area contributed by atoms with Crippen LogP contribution < -0.4 is 0 Å². The Hall–Kier alpha value is -0.890. The van der Waals surface area contributed by atoms with Crippen LogP contribution in [0.4, 0.5) is 0 Å². The molecule has 1 aromatic rings. The molecule has 1 atom stereocenters. The molecule has 0 spiro atoms. The second kappa shape index (κ2) is 4.38. The van der Waals surface area contributed by atoms with Crippen molar-refractivity contribution in [3.05, 3.63) is 48.0 Å². The normalized spacial score (nSPS) is 19.2. The van der Waals surface area contributed by atoms with Gasteiger partial charge in [0.25, 0.3) is 0 Å². The van der Waals surface area contributed by atoms with E-state index in [1.807, 2.05) is 36.5 Å². The van der Waals surface area contributed by atoms with Gasteiger partial charge in [-0.1, -0.05) is 23.4 Å². The topological polar surface area (TPSA) is 12.9 Å². The van der Waals surface area contributed by atoms with E-state index >= 15 is 0 Å². The summed E-state index contributed by atoms with van der Waals surface area (Å²) < 4.78 is 0. The average Bonchev–Trinajstić information content (AvgIpc) is 2.21. The van der Waals surface area contributed by atoms with Crippen LogP contribution >= 0.6 is 20.1 Å². The van der Waals surface area contributed by atoms with Crippen LogP contribution in [0.3, 0.4) is 0 Å². The minimum atomic E-state index is -0.311. The van der Waals surface area contributed by atoms with E-state index in [4.69, 9.17) is 0 Å². The Morgan fingerprint density at radius 1 is 1.31 bits per heavy atom. The van der Waals surface area contributed by atoms with Gasteiger partial charge in [0.2, 0.25) is 0 Å². The lowest BCUT2D eigenvalue weighted by atomic mass is 10.5. The van der Waals surface area contributed by atoms with Crippen LogP contribution in [0.15, 0.2) is 53.1 Å². The number of hydrogen-bond acceptors (Lipinski definition) is 2. The number of rotatable bonds is 1. The fraction of sp³-hybridized carbons (Fsp3) is 0. The molecule has 2 rings (SSSR count). The Balaban J connectivity index is 2.16. The number of allylic oxidation sites excluding steroid dienone is 3. The van der Waals surface area contributed by atoms with Gasteiger partial charge in [-0.25, -0.2) is 4.98 Å². The molecule has 0 fully saturated rings. The van der Waals surface area contributed by atoms with Crippen molar-refractivity contribution in [2.24, 2.45) is 0 Å². The summed E-state index contributed by atoms with van der Waals surface area (Å²) in [5.74, 6) is 0. The molecule has 1 aliphatic heterocycles. The van der Waals surface area contributed by atoms with Crippen LogP contribution in [0.1, 0.15) is 0 Å². The molecule has 0 saturated carbocycles. The number of hydrogen-bond donors (Lipinski definition) is 1. The Morgan fingerprint density at radius 3 is 3.00 bits per heavy atom. The minimum Gasteiger partial charge on any atom is -0.249 e. The number of thiol groups is 1. The van der Waals surface area contributed by atoms with Crippen molar-refractivity contribution in [3.8, 4) is 5.18 Å². The van der Waals surface area contributed by atoms with Gasteiger partial charge in [-0.15, -0.1) is 9.33 Å². The highest BCUT2D eigenvalue weighted by molar-refractivity contribution is 8.81. The van der Waals surface area contributed by atoms with Gasteiger partial charge in [0, 0.05) is 6.20 Å². The molecule has 0 aliphatic carbocycles. The number of nitrogens with zero attached hydrogens (tertiary/aromatic N) is 1. The summed E-state index contributed by atoms with van der Waals surface area (Å²) in [5.41, 5.74) is 0. The molecule has 13 heavy (non-hydrogen) atoms. The van der Waals surface area contributed by atoms with Crippen molar-refractivity contribution >= 4 is 20.1 Å². The van der Waals surface area contributed by atoms with Crippen LogP contribution in [0.5, 0.6) is 0 Å². The van der Waals surface area contributed by atoms with E-state index < -0.39 is 0 Å². The first kappa shape index (κ1) is 8.70. The zero-order chi connectivity index (χ0) is 8.93. The summed E-state index contributed by atoms with van der Waals surface area (Å²) in [5, 5.41) is 6.53. The molecule has 2 heterocycles. The molecular formula is C10H9NS2. The predicted octanol–water partition coefficient (Wildman–Crippen LogP) is 3.13. The molecular weight excluding hydrogens is 198 g/mol. The van der Waals surface area contributed by atoms with E-state index in [0.717, 1.165) is 5.03 Å². The molecule has 0 N–H and O–H groups in total. The zero-order valence-corrected chi connectivity index (χ0v) is 8.63. The van der Waals surface area contributed by atoms with Crippen LogP contribution in [-0.4, -0.2) is 4.98 Å². The van der Waals surface area contributed by atoms with Crippen molar-refractivity contribution in [2.45, 2.75) is 5.03 Å². The molecule has 0 radical (unpaired) electrons. The molecule has 0 aromatic carbocycles. The third-order valence-electron chi connectivity index (χ3n) is 1.46. The summed E-state index contributed by atoms with van der Waals surface area (Å²) >= 11 is 0. The lowest BCUT2D eigenvalue weighted by Gasteiger charge is -2.00. The maximum Gasteiger partial charge on any atom is 0.106 e. The maximum absolute atomic E-state index is 4.25. The monoisotopic (exact) mass is 207 g/mol. The molecule has 1 aromatic heterocycles. The van der Waals surface area contributed by atoms with Gasteiger partial charge >= 0.3 is 0 Å². The van der Waals surface area contributed by atoms with E-state index in [1.165, 1.54) is 0 Å². The van der Waals surface area contributed by atoms with Gasteiger partial charge in [0.15, 0.2) is 0 Å². The van der Waals surface area contributed by atoms with E-state index in [-0.39, 0.29) is 9.33 Å². The lowest BCUT2D eigenvalue weighted by molar-refractivity contribution is 1.14. The molecule has 1 aliphatic rings. The minimum absolute atomic E-state index is 0.311. The molecule has 66 valence electrons. The summed E-state index contributed by atoms with van der Waals surface area (Å²) in [6.45, 7) is 0. The quantitative estimate of drug-likeness (QED) is 0.561. The third kappa shape index (κ3) is 2.52. The summed E-state index contributed by atoms with van der Waals surface area (Å²) in [6.07, 6.45) is 7.86. The fourth-order valence-electron chi connectivity index (χ4n) is 0.902. The van der Waals surface area contributed by atoms with E-state index in [2.05, 4.69) is 21.7 Å². The van der Waals surface area contributed by atoms with E-state index in [9.17, 15) is 0 Å². The number of aromatic nitrogens is 1. The Labute approximate surface area is 83.5 Å². The molecule has 0 bridgehead atoms. The number of pyridine rings is 1. The predicted molar refractivity (Wildman–Crippen MR) is 61.2 cm³/mol. The van der Waals surface area contributed by atoms with Crippen molar-refractivity contribution in [1.82, 2.24) is 4.98 Å². The first-order valence-corrected chi connectivity index (χ1v) is 6.76. The highest BCUT2D eigenvalue weighted by atomic mass is 33.1. The standard InChI is InChI=1S/C10H9NS2/c1-4-8-13(9-5-1)12-10-6-2-3-7-11-10/h1-8,13H. The van der Waals surface area contributed by atoms with Gasteiger partial charge in [-0.2, -0.15) is 0 Å². The van der Waals surface area contributed by atoms with Gasteiger partial charge < -0.3 is 0 Å². The second-order valence-electron chi connectivity index (χ2n) is 2.41. The van der Waals surface area contributed by atoms with Crippen LogP contribution in [0, 0.1) is 5.18 Å². The van der Waals surface area contributed by atoms with Gasteiger partial charge in [0.1, 0.15) is 5.03 Å². The molecule has 0 amide bonds. The van der Waals surface area contributed by atoms with Crippen molar-refractivity contribution in [3.63, 3.8) is 0 Å². The van der Waals surface area contributed by atoms with Gasteiger partial charge in [0.05, 0.1) is 0 Å². The van der Waals surface area contributed by atoms with E-state index in [1.54, 1.807) is 10.8 Å². The molecule has 3 heteroatoms. The molecule has 1 unspecified atom stereocenters. The van der Waals surface area contributed by atoms with Crippen LogP contribution in [-0.2, 0) is 0 Å². The molecule has 0 saturated heterocycles. The highest BCUT2D eigenvalue weighted by Crippen LogP contribution is 2.36.